The van der Waals surface area contributed by atoms with Crippen molar-refractivity contribution in [2.24, 2.45) is 11.7 Å². The molecule has 1 aliphatic heterocycles. The maximum atomic E-state index is 11.8. The monoisotopic (exact) mass is 183 g/mol. The summed E-state index contributed by atoms with van der Waals surface area (Å²) in [6, 6.07) is 0.224. The largest absolute Gasteiger partial charge is 0.336 e. The van der Waals surface area contributed by atoms with Gasteiger partial charge in [-0.2, -0.15) is 0 Å². The molecule has 13 heavy (non-hydrogen) atoms. The predicted molar refractivity (Wildman–Crippen MR) is 50.1 cm³/mol. The average Bonchev–Trinajstić information content (AvgIpc) is 3.00. The molecule has 4 nitrogen and oxygen atoms in total. The smallest absolute Gasteiger partial charge is 0.226 e. The van der Waals surface area contributed by atoms with Crippen molar-refractivity contribution in [3.63, 3.8) is 0 Å². The van der Waals surface area contributed by atoms with E-state index in [1.807, 2.05) is 4.90 Å². The normalized spacial score (nSPS) is 29.0. The van der Waals surface area contributed by atoms with Gasteiger partial charge in [0.05, 0.1) is 6.04 Å². The first-order valence-electron chi connectivity index (χ1n) is 5.04. The van der Waals surface area contributed by atoms with Crippen LogP contribution in [0.15, 0.2) is 0 Å². The Morgan fingerprint density at radius 3 is 2.92 bits per heavy atom. The summed E-state index contributed by atoms with van der Waals surface area (Å²) in [5, 5.41) is 3.26. The maximum absolute atomic E-state index is 11.8. The number of amides is 1. The minimum absolute atomic E-state index is 0.224. The van der Waals surface area contributed by atoms with Gasteiger partial charge in [-0.3, -0.25) is 4.79 Å². The molecule has 0 bridgehead atoms. The van der Waals surface area contributed by atoms with E-state index in [0.29, 0.717) is 18.4 Å². The highest BCUT2D eigenvalue weighted by Crippen LogP contribution is 2.31. The van der Waals surface area contributed by atoms with Gasteiger partial charge in [0.2, 0.25) is 5.91 Å². The van der Waals surface area contributed by atoms with Crippen molar-refractivity contribution in [3.05, 3.63) is 0 Å². The van der Waals surface area contributed by atoms with Crippen LogP contribution < -0.4 is 11.1 Å². The Kier molecular flexibility index (Phi) is 2.51. The second kappa shape index (κ2) is 3.64. The first-order chi connectivity index (χ1) is 6.33. The van der Waals surface area contributed by atoms with Crippen LogP contribution in [0.25, 0.3) is 0 Å². The van der Waals surface area contributed by atoms with Crippen LogP contribution in [0.5, 0.6) is 0 Å². The molecule has 0 spiro atoms. The Hall–Kier alpha value is -0.610. The van der Waals surface area contributed by atoms with E-state index in [-0.39, 0.29) is 6.04 Å². The van der Waals surface area contributed by atoms with Crippen molar-refractivity contribution in [1.29, 1.82) is 0 Å². The molecule has 1 saturated heterocycles. The number of carbonyl (C=O) groups excluding carboxylic acids is 1. The first-order valence-corrected chi connectivity index (χ1v) is 5.04. The van der Waals surface area contributed by atoms with Gasteiger partial charge in [-0.1, -0.05) is 0 Å². The summed E-state index contributed by atoms with van der Waals surface area (Å²) in [5.74, 6) is 0.657. The highest BCUT2D eigenvalue weighted by molar-refractivity contribution is 5.81. The molecule has 2 fully saturated rings. The molecule has 1 heterocycles. The Labute approximate surface area is 78.5 Å². The molecule has 2 aliphatic rings. The molecular formula is C9H17N3O. The second-order valence-corrected chi connectivity index (χ2v) is 3.90. The van der Waals surface area contributed by atoms with Gasteiger partial charge in [0.25, 0.3) is 0 Å². The molecule has 4 heteroatoms. The second-order valence-electron chi connectivity index (χ2n) is 3.90. The van der Waals surface area contributed by atoms with E-state index in [0.717, 1.165) is 32.5 Å². The van der Waals surface area contributed by atoms with E-state index in [1.54, 1.807) is 0 Å². The number of rotatable bonds is 2. The summed E-state index contributed by atoms with van der Waals surface area (Å²) >= 11 is 0. The lowest BCUT2D eigenvalue weighted by molar-refractivity contribution is -0.135. The molecule has 0 radical (unpaired) electrons. The molecule has 1 amide bonds. The Balaban J connectivity index is 1.96. The van der Waals surface area contributed by atoms with Crippen LogP contribution in [0.4, 0.5) is 0 Å². The van der Waals surface area contributed by atoms with E-state index < -0.39 is 0 Å². The van der Waals surface area contributed by atoms with Crippen LogP contribution in [0.1, 0.15) is 12.8 Å². The maximum Gasteiger partial charge on any atom is 0.226 e. The summed E-state index contributed by atoms with van der Waals surface area (Å²) in [6.07, 6.45) is 2.17. The zero-order chi connectivity index (χ0) is 9.26. The number of nitrogens with two attached hydrogens (primary N) is 1. The number of piperazine rings is 1. The first kappa shape index (κ1) is 8.97. The summed E-state index contributed by atoms with van der Waals surface area (Å²) in [6.45, 7) is 3.17. The number of nitrogens with one attached hydrogen (secondary N) is 1. The molecule has 1 saturated carbocycles. The lowest BCUT2D eigenvalue weighted by Gasteiger charge is -2.35. The van der Waals surface area contributed by atoms with Crippen LogP contribution in [-0.2, 0) is 4.79 Å². The standard InChI is InChI=1S/C9H17N3O/c10-5-8-6-11-3-4-12(8)9(13)7-1-2-7/h7-8,11H,1-6,10H2. The topological polar surface area (TPSA) is 58.4 Å². The van der Waals surface area contributed by atoms with E-state index >= 15 is 0 Å². The van der Waals surface area contributed by atoms with E-state index in [1.165, 1.54) is 0 Å². The fourth-order valence-electron chi connectivity index (χ4n) is 1.83. The molecule has 0 aromatic heterocycles. The summed E-state index contributed by atoms with van der Waals surface area (Å²) in [4.78, 5) is 13.7. The minimum atomic E-state index is 0.224. The van der Waals surface area contributed by atoms with Crippen molar-refractivity contribution in [2.45, 2.75) is 18.9 Å². The third-order valence-corrected chi connectivity index (χ3v) is 2.83. The van der Waals surface area contributed by atoms with Crippen molar-refractivity contribution < 1.29 is 4.79 Å². The molecule has 0 aromatic carbocycles. The third kappa shape index (κ3) is 1.84. The quantitative estimate of drug-likeness (QED) is 0.586. The fraction of sp³-hybridized carbons (Fsp3) is 0.889. The van der Waals surface area contributed by atoms with Crippen molar-refractivity contribution >= 4 is 5.91 Å². The van der Waals surface area contributed by atoms with Gasteiger partial charge < -0.3 is 16.0 Å². The number of hydrogen-bond donors (Lipinski definition) is 2. The van der Waals surface area contributed by atoms with E-state index in [2.05, 4.69) is 5.32 Å². The number of nitrogens with zero attached hydrogens (tertiary/aromatic N) is 1. The summed E-state index contributed by atoms with van der Waals surface area (Å²) in [5.41, 5.74) is 5.62. The molecule has 74 valence electrons. The van der Waals surface area contributed by atoms with Gasteiger partial charge in [0.1, 0.15) is 0 Å². The van der Waals surface area contributed by atoms with E-state index in [9.17, 15) is 4.79 Å². The van der Waals surface area contributed by atoms with Gasteiger partial charge in [0.15, 0.2) is 0 Å². The molecule has 1 unspecified atom stereocenters. The van der Waals surface area contributed by atoms with Gasteiger partial charge >= 0.3 is 0 Å². The van der Waals surface area contributed by atoms with E-state index in [4.69, 9.17) is 5.73 Å². The van der Waals surface area contributed by atoms with Crippen LogP contribution in [0.3, 0.4) is 0 Å². The number of hydrogen-bond acceptors (Lipinski definition) is 3. The molecular weight excluding hydrogens is 166 g/mol. The zero-order valence-electron chi connectivity index (χ0n) is 7.83. The Morgan fingerprint density at radius 1 is 1.54 bits per heavy atom. The lowest BCUT2D eigenvalue weighted by atomic mass is 10.1. The molecule has 1 atom stereocenters. The van der Waals surface area contributed by atoms with Crippen LogP contribution in [0, 0.1) is 5.92 Å². The van der Waals surface area contributed by atoms with Gasteiger partial charge in [-0.05, 0) is 12.8 Å². The Bertz CT molecular complexity index is 203. The Morgan fingerprint density at radius 2 is 2.31 bits per heavy atom. The molecule has 2 rings (SSSR count). The number of carbonyl (C=O) groups is 1. The molecule has 0 aromatic rings. The van der Waals surface area contributed by atoms with Gasteiger partial charge in [-0.15, -0.1) is 0 Å². The van der Waals surface area contributed by atoms with Gasteiger partial charge in [-0.25, -0.2) is 0 Å². The zero-order valence-corrected chi connectivity index (χ0v) is 7.83. The predicted octanol–water partition coefficient (Wildman–Crippen LogP) is -0.844. The average molecular weight is 183 g/mol. The highest BCUT2D eigenvalue weighted by atomic mass is 16.2. The van der Waals surface area contributed by atoms with Crippen molar-refractivity contribution in [1.82, 2.24) is 10.2 Å². The lowest BCUT2D eigenvalue weighted by Crippen LogP contribution is -2.56. The fourth-order valence-corrected chi connectivity index (χ4v) is 1.83. The van der Waals surface area contributed by atoms with Crippen LogP contribution >= 0.6 is 0 Å². The van der Waals surface area contributed by atoms with Crippen molar-refractivity contribution in [2.75, 3.05) is 26.2 Å². The third-order valence-electron chi connectivity index (χ3n) is 2.83. The summed E-state index contributed by atoms with van der Waals surface area (Å²) in [7, 11) is 0. The summed E-state index contributed by atoms with van der Waals surface area (Å²) < 4.78 is 0. The van der Waals surface area contributed by atoms with Crippen LogP contribution in [0.2, 0.25) is 0 Å². The van der Waals surface area contributed by atoms with Crippen molar-refractivity contribution in [3.8, 4) is 0 Å². The van der Waals surface area contributed by atoms with Gasteiger partial charge in [0, 0.05) is 32.1 Å². The molecule has 3 N–H and O–H groups in total. The highest BCUT2D eigenvalue weighted by Gasteiger charge is 2.36. The van der Waals surface area contributed by atoms with Crippen LogP contribution in [-0.4, -0.2) is 43.0 Å². The minimum Gasteiger partial charge on any atom is -0.336 e. The SMILES string of the molecule is NCC1CNCCN1C(=O)C1CC1. The molecule has 1 aliphatic carbocycles.